The number of esters is 1. The van der Waals surface area contributed by atoms with Gasteiger partial charge in [0.1, 0.15) is 0 Å². The predicted octanol–water partition coefficient (Wildman–Crippen LogP) is 2.20. The highest BCUT2D eigenvalue weighted by atomic mass is 32.2. The Morgan fingerprint density at radius 3 is 2.45 bits per heavy atom. The fourth-order valence-corrected chi connectivity index (χ4v) is 3.59. The van der Waals surface area contributed by atoms with Crippen molar-refractivity contribution in [1.29, 1.82) is 0 Å². The maximum atomic E-state index is 12.6. The van der Waals surface area contributed by atoms with E-state index in [0.717, 1.165) is 0 Å². The summed E-state index contributed by atoms with van der Waals surface area (Å²) in [5.41, 5.74) is 0.702. The number of benzene rings is 2. The van der Waals surface area contributed by atoms with Crippen LogP contribution >= 0.6 is 0 Å². The molecule has 0 atom stereocenters. The Labute approximate surface area is 170 Å². The first-order valence-corrected chi connectivity index (χ1v) is 10.3. The van der Waals surface area contributed by atoms with Gasteiger partial charge >= 0.3 is 5.97 Å². The number of terminal acetylenes is 1. The second-order valence-electron chi connectivity index (χ2n) is 6.33. The quantitative estimate of drug-likeness (QED) is 0.528. The number of carbonyl (C=O) groups excluding carboxylic acids is 2. The zero-order chi connectivity index (χ0) is 21.4. The van der Waals surface area contributed by atoms with Crippen LogP contribution in [-0.4, -0.2) is 39.5 Å². The summed E-state index contributed by atoms with van der Waals surface area (Å²) < 4.78 is 31.6. The average molecular weight is 414 g/mol. The standard InChI is InChI=1S/C21H22N2O5S/c1-4-13-22-29(26,27)19-12-8-9-17(14-19)21(25)28-15-20(24)23(16(2)3)18-10-6-5-7-11-18/h1,5-12,14,16,22H,13,15H2,2-3H3. The summed E-state index contributed by atoms with van der Waals surface area (Å²) in [5.74, 6) is 0.981. The van der Waals surface area contributed by atoms with Crippen LogP contribution in [-0.2, 0) is 19.6 Å². The van der Waals surface area contributed by atoms with Gasteiger partial charge in [-0.2, -0.15) is 4.72 Å². The fraction of sp³-hybridized carbons (Fsp3) is 0.238. The molecule has 2 aromatic carbocycles. The van der Waals surface area contributed by atoms with Gasteiger partial charge in [0.25, 0.3) is 5.91 Å². The summed E-state index contributed by atoms with van der Waals surface area (Å²) in [4.78, 5) is 26.3. The van der Waals surface area contributed by atoms with Gasteiger partial charge in [0.05, 0.1) is 17.0 Å². The van der Waals surface area contributed by atoms with Crippen molar-refractivity contribution in [3.8, 4) is 12.3 Å². The van der Waals surface area contributed by atoms with Crippen molar-refractivity contribution in [2.75, 3.05) is 18.1 Å². The first kappa shape index (κ1) is 22.1. The number of hydrogen-bond donors (Lipinski definition) is 1. The topological polar surface area (TPSA) is 92.8 Å². The number of nitrogens with zero attached hydrogens (tertiary/aromatic N) is 1. The van der Waals surface area contributed by atoms with E-state index in [1.54, 1.807) is 12.1 Å². The third kappa shape index (κ3) is 5.91. The summed E-state index contributed by atoms with van der Waals surface area (Å²) in [6, 6.07) is 14.2. The number of ether oxygens (including phenoxy) is 1. The number of para-hydroxylation sites is 1. The Bertz CT molecular complexity index is 1010. The van der Waals surface area contributed by atoms with Crippen LogP contribution in [0.25, 0.3) is 0 Å². The van der Waals surface area contributed by atoms with E-state index in [-0.39, 0.29) is 29.0 Å². The summed E-state index contributed by atoms with van der Waals surface area (Å²) in [6.45, 7) is 3.06. The molecule has 0 fully saturated rings. The normalized spacial score (nSPS) is 11.0. The molecule has 0 bridgehead atoms. The Kier molecular flexibility index (Phi) is 7.53. The van der Waals surface area contributed by atoms with E-state index >= 15 is 0 Å². The molecule has 0 heterocycles. The molecule has 8 heteroatoms. The van der Waals surface area contributed by atoms with Crippen molar-refractivity contribution in [3.05, 3.63) is 60.2 Å². The van der Waals surface area contributed by atoms with Crippen LogP contribution in [0.5, 0.6) is 0 Å². The Morgan fingerprint density at radius 2 is 1.83 bits per heavy atom. The van der Waals surface area contributed by atoms with E-state index in [1.807, 2.05) is 32.0 Å². The molecule has 29 heavy (non-hydrogen) atoms. The van der Waals surface area contributed by atoms with Gasteiger partial charge in [0.15, 0.2) is 6.61 Å². The third-order valence-electron chi connectivity index (χ3n) is 3.89. The van der Waals surface area contributed by atoms with E-state index in [0.29, 0.717) is 5.69 Å². The van der Waals surface area contributed by atoms with Gasteiger partial charge in [-0.15, -0.1) is 6.42 Å². The fourth-order valence-electron chi connectivity index (χ4n) is 2.61. The molecule has 152 valence electrons. The van der Waals surface area contributed by atoms with E-state index in [9.17, 15) is 18.0 Å². The first-order chi connectivity index (χ1) is 13.8. The molecule has 0 unspecified atom stereocenters. The zero-order valence-electron chi connectivity index (χ0n) is 16.2. The number of rotatable bonds is 8. The number of amides is 1. The highest BCUT2D eigenvalue weighted by Gasteiger charge is 2.21. The van der Waals surface area contributed by atoms with Crippen molar-refractivity contribution in [2.45, 2.75) is 24.8 Å². The van der Waals surface area contributed by atoms with Crippen LogP contribution in [0.2, 0.25) is 0 Å². The SMILES string of the molecule is C#CCNS(=O)(=O)c1cccc(C(=O)OCC(=O)N(c2ccccc2)C(C)C)c1. The maximum absolute atomic E-state index is 12.6. The molecule has 0 aliphatic heterocycles. The smallest absolute Gasteiger partial charge is 0.338 e. The van der Waals surface area contributed by atoms with Crippen molar-refractivity contribution >= 4 is 27.6 Å². The molecule has 7 nitrogen and oxygen atoms in total. The third-order valence-corrected chi connectivity index (χ3v) is 5.29. The van der Waals surface area contributed by atoms with E-state index in [1.165, 1.54) is 29.2 Å². The van der Waals surface area contributed by atoms with Gasteiger partial charge in [0.2, 0.25) is 10.0 Å². The van der Waals surface area contributed by atoms with E-state index in [2.05, 4.69) is 10.6 Å². The molecule has 0 radical (unpaired) electrons. The second kappa shape index (κ2) is 9.87. The minimum Gasteiger partial charge on any atom is -0.452 e. The van der Waals surface area contributed by atoms with Crippen molar-refractivity contribution in [1.82, 2.24) is 4.72 Å². The minimum atomic E-state index is -3.85. The average Bonchev–Trinajstić information content (AvgIpc) is 2.71. The molecule has 0 spiro atoms. The predicted molar refractivity (Wildman–Crippen MR) is 110 cm³/mol. The lowest BCUT2D eigenvalue weighted by Gasteiger charge is -2.26. The monoisotopic (exact) mass is 414 g/mol. The van der Waals surface area contributed by atoms with Gasteiger partial charge in [-0.1, -0.05) is 30.2 Å². The molecule has 0 aromatic heterocycles. The number of sulfonamides is 1. The van der Waals surface area contributed by atoms with Crippen molar-refractivity contribution < 1.29 is 22.7 Å². The lowest BCUT2D eigenvalue weighted by atomic mass is 10.2. The van der Waals surface area contributed by atoms with Crippen molar-refractivity contribution in [3.63, 3.8) is 0 Å². The minimum absolute atomic E-state index is 0.0113. The molecular weight excluding hydrogens is 392 g/mol. The van der Waals surface area contributed by atoms with Gasteiger partial charge in [-0.25, -0.2) is 13.2 Å². The molecule has 2 rings (SSSR count). The van der Waals surface area contributed by atoms with Crippen LogP contribution in [0.4, 0.5) is 5.69 Å². The molecular formula is C21H22N2O5S. The van der Waals surface area contributed by atoms with Crippen molar-refractivity contribution in [2.24, 2.45) is 0 Å². The van der Waals surface area contributed by atoms with Gasteiger partial charge in [-0.05, 0) is 44.2 Å². The molecule has 1 N–H and O–H groups in total. The molecule has 1 amide bonds. The largest absolute Gasteiger partial charge is 0.452 e. The number of hydrogen-bond acceptors (Lipinski definition) is 5. The van der Waals surface area contributed by atoms with Crippen LogP contribution in [0.3, 0.4) is 0 Å². The van der Waals surface area contributed by atoms with E-state index in [4.69, 9.17) is 11.2 Å². The lowest BCUT2D eigenvalue weighted by molar-refractivity contribution is -0.122. The van der Waals surface area contributed by atoms with Gasteiger partial charge < -0.3 is 9.64 Å². The highest BCUT2D eigenvalue weighted by Crippen LogP contribution is 2.17. The number of nitrogens with one attached hydrogen (secondary N) is 1. The highest BCUT2D eigenvalue weighted by molar-refractivity contribution is 7.89. The Balaban J connectivity index is 2.10. The second-order valence-corrected chi connectivity index (χ2v) is 8.09. The van der Waals surface area contributed by atoms with Crippen LogP contribution in [0.15, 0.2) is 59.5 Å². The van der Waals surface area contributed by atoms with E-state index < -0.39 is 22.6 Å². The molecule has 2 aromatic rings. The molecule has 0 saturated carbocycles. The van der Waals surface area contributed by atoms with Gasteiger partial charge in [0, 0.05) is 11.7 Å². The summed E-state index contributed by atoms with van der Waals surface area (Å²) in [7, 11) is -3.85. The Hall–Kier alpha value is -3.15. The summed E-state index contributed by atoms with van der Waals surface area (Å²) >= 11 is 0. The Morgan fingerprint density at radius 1 is 1.14 bits per heavy atom. The number of carbonyl (C=O) groups is 2. The maximum Gasteiger partial charge on any atom is 0.338 e. The molecule has 0 aliphatic carbocycles. The first-order valence-electron chi connectivity index (χ1n) is 8.83. The van der Waals surface area contributed by atoms with Crippen LogP contribution < -0.4 is 9.62 Å². The zero-order valence-corrected chi connectivity index (χ0v) is 17.0. The number of anilines is 1. The summed E-state index contributed by atoms with van der Waals surface area (Å²) in [5, 5.41) is 0. The lowest BCUT2D eigenvalue weighted by Crippen LogP contribution is -2.39. The summed E-state index contributed by atoms with van der Waals surface area (Å²) in [6.07, 6.45) is 5.06. The molecule has 0 saturated heterocycles. The van der Waals surface area contributed by atoms with Crippen LogP contribution in [0.1, 0.15) is 24.2 Å². The van der Waals surface area contributed by atoms with Gasteiger partial charge in [-0.3, -0.25) is 4.79 Å². The molecule has 0 aliphatic rings. The van der Waals surface area contributed by atoms with Crippen LogP contribution in [0, 0.1) is 12.3 Å².